The molecule has 0 fully saturated rings. The van der Waals surface area contributed by atoms with Crippen molar-refractivity contribution in [1.82, 2.24) is 14.8 Å². The van der Waals surface area contributed by atoms with Crippen molar-refractivity contribution < 1.29 is 0 Å². The Bertz CT molecular complexity index is 517. The fourth-order valence-corrected chi connectivity index (χ4v) is 1.53. The Kier molecular flexibility index (Phi) is 3.90. The summed E-state index contributed by atoms with van der Waals surface area (Å²) in [5.41, 5.74) is 7.91. The molecule has 6 nitrogen and oxygen atoms in total. The van der Waals surface area contributed by atoms with Crippen LogP contribution < -0.4 is 11.1 Å². The molecule has 0 aliphatic carbocycles. The molecule has 0 amide bonds. The van der Waals surface area contributed by atoms with Gasteiger partial charge in [0.2, 0.25) is 0 Å². The highest BCUT2D eigenvalue weighted by atomic mass is 15.3. The van der Waals surface area contributed by atoms with Crippen LogP contribution in [0.1, 0.15) is 5.56 Å². The minimum Gasteiger partial charge on any atom is -0.370 e. The zero-order valence-corrected chi connectivity index (χ0v) is 10.2. The van der Waals surface area contributed by atoms with E-state index in [2.05, 4.69) is 20.4 Å². The zero-order valence-electron chi connectivity index (χ0n) is 10.2. The summed E-state index contributed by atoms with van der Waals surface area (Å²) in [6.45, 7) is 3.26. The van der Waals surface area contributed by atoms with Gasteiger partial charge in [-0.3, -0.25) is 9.67 Å². The number of nitrogens with two attached hydrogens (primary N) is 1. The van der Waals surface area contributed by atoms with Crippen molar-refractivity contribution >= 4 is 11.6 Å². The van der Waals surface area contributed by atoms with Gasteiger partial charge in [0.15, 0.2) is 5.96 Å². The minimum absolute atomic E-state index is 0.403. The van der Waals surface area contributed by atoms with Crippen LogP contribution in [0, 0.1) is 6.92 Å². The largest absolute Gasteiger partial charge is 0.370 e. The molecule has 2 rings (SSSR count). The third-order valence-corrected chi connectivity index (χ3v) is 2.37. The van der Waals surface area contributed by atoms with Crippen LogP contribution in [0.5, 0.6) is 0 Å². The third-order valence-electron chi connectivity index (χ3n) is 2.37. The number of rotatable bonds is 4. The molecule has 0 spiro atoms. The van der Waals surface area contributed by atoms with E-state index in [0.29, 0.717) is 19.0 Å². The Hall–Kier alpha value is -2.37. The Morgan fingerprint density at radius 1 is 1.50 bits per heavy atom. The number of nitrogens with one attached hydrogen (secondary N) is 1. The molecule has 0 aliphatic rings. The van der Waals surface area contributed by atoms with Gasteiger partial charge >= 0.3 is 0 Å². The highest BCUT2D eigenvalue weighted by Crippen LogP contribution is 2.08. The molecule has 18 heavy (non-hydrogen) atoms. The maximum absolute atomic E-state index is 5.79. The Balaban J connectivity index is 1.85. The number of aromatic nitrogens is 3. The van der Waals surface area contributed by atoms with Crippen molar-refractivity contribution in [3.63, 3.8) is 0 Å². The lowest BCUT2D eigenvalue weighted by molar-refractivity contribution is 0.624. The summed E-state index contributed by atoms with van der Waals surface area (Å²) in [4.78, 5) is 8.07. The van der Waals surface area contributed by atoms with Gasteiger partial charge in [-0.15, -0.1) is 0 Å². The first-order chi connectivity index (χ1) is 8.74. The van der Waals surface area contributed by atoms with Gasteiger partial charge in [-0.2, -0.15) is 5.10 Å². The van der Waals surface area contributed by atoms with Crippen molar-refractivity contribution in [1.29, 1.82) is 0 Å². The van der Waals surface area contributed by atoms with Crippen LogP contribution in [0.25, 0.3) is 0 Å². The van der Waals surface area contributed by atoms with Gasteiger partial charge in [-0.1, -0.05) is 12.1 Å². The molecule has 94 valence electrons. The first kappa shape index (κ1) is 12.1. The fraction of sp³-hybridized carbons (Fsp3) is 0.250. The predicted octanol–water partition coefficient (Wildman–Crippen LogP) is 1.01. The van der Waals surface area contributed by atoms with E-state index in [4.69, 9.17) is 5.73 Å². The van der Waals surface area contributed by atoms with Crippen LogP contribution in [0.2, 0.25) is 0 Å². The molecule has 0 saturated heterocycles. The van der Waals surface area contributed by atoms with Crippen molar-refractivity contribution in [2.75, 3.05) is 11.9 Å². The van der Waals surface area contributed by atoms with Gasteiger partial charge in [-0.05, 0) is 24.6 Å². The maximum atomic E-state index is 5.79. The summed E-state index contributed by atoms with van der Waals surface area (Å²) in [7, 11) is 0. The minimum atomic E-state index is 0.403. The van der Waals surface area contributed by atoms with E-state index >= 15 is 0 Å². The van der Waals surface area contributed by atoms with E-state index in [-0.39, 0.29) is 0 Å². The molecule has 1 aromatic heterocycles. The van der Waals surface area contributed by atoms with Crippen LogP contribution in [-0.2, 0) is 6.54 Å². The van der Waals surface area contributed by atoms with Crippen LogP contribution in [0.15, 0.2) is 41.9 Å². The van der Waals surface area contributed by atoms with E-state index in [0.717, 1.165) is 5.69 Å². The van der Waals surface area contributed by atoms with Gasteiger partial charge in [0.25, 0.3) is 0 Å². The second kappa shape index (κ2) is 5.81. The van der Waals surface area contributed by atoms with E-state index in [1.165, 1.54) is 11.9 Å². The Morgan fingerprint density at radius 3 is 3.11 bits per heavy atom. The summed E-state index contributed by atoms with van der Waals surface area (Å²) < 4.78 is 1.71. The van der Waals surface area contributed by atoms with Crippen LogP contribution in [0.4, 0.5) is 5.69 Å². The maximum Gasteiger partial charge on any atom is 0.193 e. The van der Waals surface area contributed by atoms with Gasteiger partial charge in [0.1, 0.15) is 12.7 Å². The van der Waals surface area contributed by atoms with Gasteiger partial charge in [0, 0.05) is 5.69 Å². The standard InChI is InChI=1S/C12H16N6/c1-10-3-2-4-11(7-10)17-12(13)15-5-6-18-9-14-8-16-18/h2-4,7-9H,5-6H2,1H3,(H3,13,15,17). The molecule has 3 N–H and O–H groups in total. The number of hydrogen-bond donors (Lipinski definition) is 2. The summed E-state index contributed by atoms with van der Waals surface area (Å²) in [6, 6.07) is 7.97. The molecule has 0 bridgehead atoms. The predicted molar refractivity (Wildman–Crippen MR) is 71.3 cm³/mol. The lowest BCUT2D eigenvalue weighted by atomic mass is 10.2. The van der Waals surface area contributed by atoms with Crippen LogP contribution >= 0.6 is 0 Å². The lowest BCUT2D eigenvalue weighted by Crippen LogP contribution is -2.23. The molecule has 2 aromatic rings. The number of nitrogens with zero attached hydrogens (tertiary/aromatic N) is 4. The number of guanidine groups is 1. The Morgan fingerprint density at radius 2 is 2.39 bits per heavy atom. The lowest BCUT2D eigenvalue weighted by Gasteiger charge is -2.06. The molecule has 0 radical (unpaired) electrons. The smallest absolute Gasteiger partial charge is 0.193 e. The van der Waals surface area contributed by atoms with Crippen molar-refractivity contribution in [3.05, 3.63) is 42.5 Å². The zero-order chi connectivity index (χ0) is 12.8. The van der Waals surface area contributed by atoms with Crippen molar-refractivity contribution in [2.24, 2.45) is 10.7 Å². The first-order valence-corrected chi connectivity index (χ1v) is 5.70. The highest BCUT2D eigenvalue weighted by Gasteiger charge is 1.95. The molecule has 0 unspecified atom stereocenters. The molecular weight excluding hydrogens is 228 g/mol. The topological polar surface area (TPSA) is 81.1 Å². The van der Waals surface area contributed by atoms with Gasteiger partial charge < -0.3 is 11.1 Å². The number of aryl methyl sites for hydroxylation is 1. The van der Waals surface area contributed by atoms with Crippen molar-refractivity contribution in [3.8, 4) is 0 Å². The second-order valence-electron chi connectivity index (χ2n) is 3.92. The van der Waals surface area contributed by atoms with Crippen molar-refractivity contribution in [2.45, 2.75) is 13.5 Å². The molecule has 1 heterocycles. The molecule has 1 aromatic carbocycles. The van der Waals surface area contributed by atoms with E-state index in [1.807, 2.05) is 31.2 Å². The number of anilines is 1. The monoisotopic (exact) mass is 244 g/mol. The summed E-state index contributed by atoms with van der Waals surface area (Å²) >= 11 is 0. The molecule has 0 saturated carbocycles. The SMILES string of the molecule is Cc1cccc(NC(N)=NCCn2cncn2)c1. The van der Waals surface area contributed by atoms with E-state index in [9.17, 15) is 0 Å². The second-order valence-corrected chi connectivity index (χ2v) is 3.92. The van der Waals surface area contributed by atoms with Gasteiger partial charge in [0.05, 0.1) is 13.1 Å². The fourth-order valence-electron chi connectivity index (χ4n) is 1.53. The van der Waals surface area contributed by atoms with E-state index < -0.39 is 0 Å². The third kappa shape index (κ3) is 3.58. The highest BCUT2D eigenvalue weighted by molar-refractivity contribution is 5.92. The first-order valence-electron chi connectivity index (χ1n) is 5.70. The quantitative estimate of drug-likeness (QED) is 0.621. The van der Waals surface area contributed by atoms with Crippen LogP contribution in [0.3, 0.4) is 0 Å². The summed E-state index contributed by atoms with van der Waals surface area (Å²) in [5, 5.41) is 7.03. The number of benzene rings is 1. The molecule has 0 atom stereocenters. The number of hydrogen-bond acceptors (Lipinski definition) is 3. The van der Waals surface area contributed by atoms with E-state index in [1.54, 1.807) is 11.0 Å². The molecule has 6 heteroatoms. The average Bonchev–Trinajstić information content (AvgIpc) is 2.82. The van der Waals surface area contributed by atoms with Gasteiger partial charge in [-0.25, -0.2) is 4.98 Å². The van der Waals surface area contributed by atoms with Crippen LogP contribution in [-0.4, -0.2) is 27.3 Å². The summed E-state index contributed by atoms with van der Waals surface area (Å²) in [6.07, 6.45) is 3.15. The average molecular weight is 244 g/mol. The normalized spacial score (nSPS) is 11.5. The summed E-state index contributed by atoms with van der Waals surface area (Å²) in [5.74, 6) is 0.403. The Labute approximate surface area is 106 Å². The molecule has 0 aliphatic heterocycles. The number of aliphatic imine (C=N–C) groups is 1. The molecular formula is C12H16N6.